The number of aromatic nitrogens is 2. The van der Waals surface area contributed by atoms with Crippen LogP contribution in [0.15, 0.2) is 30.0 Å². The van der Waals surface area contributed by atoms with Crippen LogP contribution in [0.5, 0.6) is 0 Å². The molecule has 1 aromatic rings. The zero-order chi connectivity index (χ0) is 13.7. The van der Waals surface area contributed by atoms with Crippen LogP contribution in [0.4, 0.5) is 5.82 Å². The summed E-state index contributed by atoms with van der Waals surface area (Å²) in [6, 6.07) is 4.61. The minimum Gasteiger partial charge on any atom is -0.354 e. The third kappa shape index (κ3) is 4.03. The Kier molecular flexibility index (Phi) is 4.91. The van der Waals surface area contributed by atoms with Gasteiger partial charge in [-0.3, -0.25) is 4.90 Å². The molecule has 4 heteroatoms. The second kappa shape index (κ2) is 6.66. The van der Waals surface area contributed by atoms with Gasteiger partial charge in [0.25, 0.3) is 0 Å². The standard InChI is InChI=1S/C15H24N4/c1-13(2)8-11-18(3)14-6-5-10-19(12-14)15-7-4-9-16-17-15/h4,7-9,14H,5-6,10-12H2,1-3H3/t14-/m0/s1. The lowest BCUT2D eigenvalue weighted by Gasteiger charge is -2.37. The van der Waals surface area contributed by atoms with Gasteiger partial charge in [-0.25, -0.2) is 0 Å². The normalized spacial score (nSPS) is 19.6. The number of rotatable bonds is 4. The first-order valence-electron chi connectivity index (χ1n) is 7.03. The Hall–Kier alpha value is -1.42. The maximum atomic E-state index is 4.22. The van der Waals surface area contributed by atoms with Crippen molar-refractivity contribution < 1.29 is 0 Å². The highest BCUT2D eigenvalue weighted by Crippen LogP contribution is 2.19. The highest BCUT2D eigenvalue weighted by atomic mass is 15.3. The van der Waals surface area contributed by atoms with Crippen LogP contribution >= 0.6 is 0 Å². The van der Waals surface area contributed by atoms with E-state index in [-0.39, 0.29) is 0 Å². The van der Waals surface area contributed by atoms with Gasteiger partial charge in [-0.2, -0.15) is 5.10 Å². The monoisotopic (exact) mass is 260 g/mol. The third-order valence-corrected chi connectivity index (χ3v) is 3.69. The molecule has 4 nitrogen and oxygen atoms in total. The summed E-state index contributed by atoms with van der Waals surface area (Å²) in [5, 5.41) is 8.19. The minimum absolute atomic E-state index is 0.603. The van der Waals surface area contributed by atoms with E-state index in [2.05, 4.69) is 47.0 Å². The smallest absolute Gasteiger partial charge is 0.151 e. The first-order chi connectivity index (χ1) is 9.16. The Morgan fingerprint density at radius 2 is 2.37 bits per heavy atom. The van der Waals surface area contributed by atoms with E-state index in [4.69, 9.17) is 0 Å². The SMILES string of the molecule is CC(C)=CCN(C)[C@H]1CCCN(c2cccnn2)C1. The van der Waals surface area contributed by atoms with E-state index in [1.54, 1.807) is 6.20 Å². The van der Waals surface area contributed by atoms with Gasteiger partial charge >= 0.3 is 0 Å². The Bertz CT molecular complexity index is 411. The highest BCUT2D eigenvalue weighted by Gasteiger charge is 2.23. The molecule has 1 aromatic heterocycles. The van der Waals surface area contributed by atoms with Gasteiger partial charge in [0.05, 0.1) is 0 Å². The Morgan fingerprint density at radius 1 is 1.53 bits per heavy atom. The van der Waals surface area contributed by atoms with Gasteiger partial charge in [0, 0.05) is 31.9 Å². The Morgan fingerprint density at radius 3 is 3.05 bits per heavy atom. The molecule has 19 heavy (non-hydrogen) atoms. The molecule has 1 aliphatic heterocycles. The lowest BCUT2D eigenvalue weighted by molar-refractivity contribution is 0.234. The molecule has 0 aromatic carbocycles. The van der Waals surface area contributed by atoms with Crippen LogP contribution in [0.3, 0.4) is 0 Å². The van der Waals surface area contributed by atoms with Gasteiger partial charge < -0.3 is 4.90 Å². The molecule has 0 amide bonds. The van der Waals surface area contributed by atoms with Gasteiger partial charge in [-0.1, -0.05) is 11.6 Å². The fraction of sp³-hybridized carbons (Fsp3) is 0.600. The van der Waals surface area contributed by atoms with Crippen molar-refractivity contribution in [3.8, 4) is 0 Å². The average molecular weight is 260 g/mol. The molecule has 0 radical (unpaired) electrons. The minimum atomic E-state index is 0.603. The van der Waals surface area contributed by atoms with Crippen molar-refractivity contribution in [2.45, 2.75) is 32.7 Å². The van der Waals surface area contributed by atoms with Crippen molar-refractivity contribution >= 4 is 5.82 Å². The second-order valence-electron chi connectivity index (χ2n) is 5.54. The largest absolute Gasteiger partial charge is 0.354 e. The van der Waals surface area contributed by atoms with Gasteiger partial charge in [-0.05, 0) is 45.9 Å². The molecule has 0 spiro atoms. The van der Waals surface area contributed by atoms with E-state index < -0.39 is 0 Å². The predicted octanol–water partition coefficient (Wildman–Crippen LogP) is 2.34. The molecule has 2 rings (SSSR count). The van der Waals surface area contributed by atoms with Gasteiger partial charge in [0.15, 0.2) is 5.82 Å². The number of hydrogen-bond donors (Lipinski definition) is 0. The highest BCUT2D eigenvalue weighted by molar-refractivity contribution is 5.37. The first kappa shape index (κ1) is 14.0. The molecule has 0 saturated carbocycles. The summed E-state index contributed by atoms with van der Waals surface area (Å²) in [6.45, 7) is 7.47. The van der Waals surface area contributed by atoms with Crippen LogP contribution in [-0.4, -0.2) is 47.8 Å². The van der Waals surface area contributed by atoms with Crippen molar-refractivity contribution in [1.82, 2.24) is 15.1 Å². The molecular weight excluding hydrogens is 236 g/mol. The molecule has 1 fully saturated rings. The lowest BCUT2D eigenvalue weighted by atomic mass is 10.0. The maximum Gasteiger partial charge on any atom is 0.151 e. The summed E-state index contributed by atoms with van der Waals surface area (Å²) < 4.78 is 0. The van der Waals surface area contributed by atoms with E-state index in [0.29, 0.717) is 6.04 Å². The number of nitrogens with zero attached hydrogens (tertiary/aromatic N) is 4. The average Bonchev–Trinajstić information content (AvgIpc) is 2.46. The number of piperidine rings is 1. The van der Waals surface area contributed by atoms with Gasteiger partial charge in [0.2, 0.25) is 0 Å². The van der Waals surface area contributed by atoms with Crippen molar-refractivity contribution in [2.75, 3.05) is 31.6 Å². The Balaban J connectivity index is 1.95. The van der Waals surface area contributed by atoms with Crippen molar-refractivity contribution in [2.24, 2.45) is 0 Å². The van der Waals surface area contributed by atoms with Crippen LogP contribution in [0.1, 0.15) is 26.7 Å². The van der Waals surface area contributed by atoms with Crippen LogP contribution in [0, 0.1) is 0 Å². The number of hydrogen-bond acceptors (Lipinski definition) is 4. The summed E-state index contributed by atoms with van der Waals surface area (Å²) in [4.78, 5) is 4.79. The third-order valence-electron chi connectivity index (χ3n) is 3.69. The zero-order valence-corrected chi connectivity index (χ0v) is 12.2. The molecule has 0 bridgehead atoms. The molecule has 0 aliphatic carbocycles. The fourth-order valence-corrected chi connectivity index (χ4v) is 2.46. The van der Waals surface area contributed by atoms with Crippen LogP contribution < -0.4 is 4.90 Å². The molecule has 104 valence electrons. The quantitative estimate of drug-likeness (QED) is 0.778. The predicted molar refractivity (Wildman–Crippen MR) is 79.3 cm³/mol. The molecule has 1 aliphatic rings. The first-order valence-corrected chi connectivity index (χ1v) is 7.03. The van der Waals surface area contributed by atoms with Gasteiger partial charge in [-0.15, -0.1) is 5.10 Å². The summed E-state index contributed by atoms with van der Waals surface area (Å²) >= 11 is 0. The fourth-order valence-electron chi connectivity index (χ4n) is 2.46. The Labute approximate surface area is 116 Å². The molecule has 0 unspecified atom stereocenters. The second-order valence-corrected chi connectivity index (χ2v) is 5.54. The topological polar surface area (TPSA) is 32.3 Å². The molecular formula is C15H24N4. The summed E-state index contributed by atoms with van der Waals surface area (Å²) in [7, 11) is 2.21. The summed E-state index contributed by atoms with van der Waals surface area (Å²) in [5.41, 5.74) is 1.38. The molecule has 2 heterocycles. The van der Waals surface area contributed by atoms with Crippen LogP contribution in [0.2, 0.25) is 0 Å². The number of anilines is 1. The molecule has 0 N–H and O–H groups in total. The van der Waals surface area contributed by atoms with Crippen molar-refractivity contribution in [3.05, 3.63) is 30.0 Å². The maximum absolute atomic E-state index is 4.22. The lowest BCUT2D eigenvalue weighted by Crippen LogP contribution is -2.47. The number of allylic oxidation sites excluding steroid dienone is 1. The van der Waals surface area contributed by atoms with Gasteiger partial charge in [0.1, 0.15) is 0 Å². The van der Waals surface area contributed by atoms with E-state index in [9.17, 15) is 0 Å². The van der Waals surface area contributed by atoms with E-state index >= 15 is 0 Å². The van der Waals surface area contributed by atoms with E-state index in [1.807, 2.05) is 12.1 Å². The van der Waals surface area contributed by atoms with Crippen LogP contribution in [-0.2, 0) is 0 Å². The van der Waals surface area contributed by atoms with E-state index in [0.717, 1.165) is 25.5 Å². The summed E-state index contributed by atoms with van der Waals surface area (Å²) in [5.74, 6) is 1.00. The van der Waals surface area contributed by atoms with E-state index in [1.165, 1.54) is 18.4 Å². The summed E-state index contributed by atoms with van der Waals surface area (Å²) in [6.07, 6.45) is 6.51. The molecule has 1 saturated heterocycles. The number of likely N-dealkylation sites (N-methyl/N-ethyl adjacent to an activating group) is 1. The zero-order valence-electron chi connectivity index (χ0n) is 12.2. The molecule has 1 atom stereocenters. The van der Waals surface area contributed by atoms with Crippen LogP contribution in [0.25, 0.3) is 0 Å². The van der Waals surface area contributed by atoms with Crippen molar-refractivity contribution in [3.63, 3.8) is 0 Å². The van der Waals surface area contributed by atoms with Crippen molar-refractivity contribution in [1.29, 1.82) is 0 Å².